The molecule has 0 aromatic carbocycles. The van der Waals surface area contributed by atoms with E-state index in [9.17, 15) is 0 Å². The molecule has 16 heavy (non-hydrogen) atoms. The summed E-state index contributed by atoms with van der Waals surface area (Å²) in [6, 6.07) is 0.754. The molecule has 0 aromatic rings. The normalized spacial score (nSPS) is 12.9. The predicted octanol–water partition coefficient (Wildman–Crippen LogP) is 4.91. The molecule has 1 unspecified atom stereocenters. The highest BCUT2D eigenvalue weighted by Crippen LogP contribution is 2.11. The summed E-state index contributed by atoms with van der Waals surface area (Å²) < 4.78 is 0. The average Bonchev–Trinajstić information content (AvgIpc) is 2.32. The third kappa shape index (κ3) is 10.5. The number of rotatable bonds is 12. The van der Waals surface area contributed by atoms with Crippen molar-refractivity contribution >= 4 is 0 Å². The summed E-state index contributed by atoms with van der Waals surface area (Å²) in [5.41, 5.74) is 0. The maximum atomic E-state index is 3.38. The summed E-state index contributed by atoms with van der Waals surface area (Å²) in [7, 11) is 2.09. The van der Waals surface area contributed by atoms with Crippen LogP contribution in [0.3, 0.4) is 0 Å². The minimum absolute atomic E-state index is 0.754. The van der Waals surface area contributed by atoms with E-state index in [2.05, 4.69) is 26.2 Å². The van der Waals surface area contributed by atoms with Gasteiger partial charge in [0.15, 0.2) is 0 Å². The third-order valence-electron chi connectivity index (χ3n) is 3.56. The number of hydrogen-bond acceptors (Lipinski definition) is 1. The molecule has 1 nitrogen and oxygen atoms in total. The minimum Gasteiger partial charge on any atom is -0.317 e. The molecule has 0 saturated carbocycles. The third-order valence-corrected chi connectivity index (χ3v) is 3.56. The van der Waals surface area contributed by atoms with Gasteiger partial charge in [-0.2, -0.15) is 0 Å². The minimum atomic E-state index is 0.754. The fourth-order valence-corrected chi connectivity index (χ4v) is 2.25. The lowest BCUT2D eigenvalue weighted by molar-refractivity contribution is 0.469. The summed E-state index contributed by atoms with van der Waals surface area (Å²) in [5.74, 6) is 0. The molecule has 0 aromatic heterocycles. The summed E-state index contributed by atoms with van der Waals surface area (Å²) in [6.45, 7) is 4.56. The van der Waals surface area contributed by atoms with Crippen molar-refractivity contribution in [3.05, 3.63) is 0 Å². The van der Waals surface area contributed by atoms with Gasteiger partial charge in [-0.25, -0.2) is 0 Å². The smallest absolute Gasteiger partial charge is 0.00614 e. The zero-order valence-electron chi connectivity index (χ0n) is 11.9. The molecule has 0 bridgehead atoms. The molecular formula is C15H33N. The second-order valence-electron chi connectivity index (χ2n) is 5.01. The van der Waals surface area contributed by atoms with E-state index in [0.29, 0.717) is 0 Å². The van der Waals surface area contributed by atoms with Gasteiger partial charge < -0.3 is 5.32 Å². The highest BCUT2D eigenvalue weighted by atomic mass is 14.9. The first-order chi connectivity index (χ1) is 7.85. The average molecular weight is 227 g/mol. The van der Waals surface area contributed by atoms with Crippen LogP contribution in [-0.2, 0) is 0 Å². The van der Waals surface area contributed by atoms with Crippen LogP contribution in [0.4, 0.5) is 0 Å². The van der Waals surface area contributed by atoms with Crippen LogP contribution in [0.2, 0.25) is 0 Å². The topological polar surface area (TPSA) is 12.0 Å². The first kappa shape index (κ1) is 16.0. The van der Waals surface area contributed by atoms with Crippen LogP contribution < -0.4 is 5.32 Å². The van der Waals surface area contributed by atoms with Crippen molar-refractivity contribution in [1.82, 2.24) is 5.32 Å². The van der Waals surface area contributed by atoms with Crippen LogP contribution in [-0.4, -0.2) is 13.1 Å². The first-order valence-corrected chi connectivity index (χ1v) is 7.52. The van der Waals surface area contributed by atoms with E-state index in [1.807, 2.05) is 0 Å². The van der Waals surface area contributed by atoms with Crippen LogP contribution in [0.15, 0.2) is 0 Å². The Bertz CT molecular complexity index is 119. The van der Waals surface area contributed by atoms with Gasteiger partial charge in [-0.1, -0.05) is 71.6 Å². The lowest BCUT2D eigenvalue weighted by Gasteiger charge is -2.12. The lowest BCUT2D eigenvalue weighted by Crippen LogP contribution is -2.23. The zero-order valence-corrected chi connectivity index (χ0v) is 11.9. The Labute approximate surface area is 103 Å². The number of unbranched alkanes of at least 4 members (excludes halogenated alkanes) is 8. The molecule has 0 fully saturated rings. The molecule has 0 rings (SSSR count). The quantitative estimate of drug-likeness (QED) is 0.467. The zero-order chi connectivity index (χ0) is 12.1. The highest BCUT2D eigenvalue weighted by Gasteiger charge is 2.01. The van der Waals surface area contributed by atoms with Crippen LogP contribution in [0, 0.1) is 0 Å². The Hall–Kier alpha value is -0.0400. The van der Waals surface area contributed by atoms with Crippen LogP contribution in [0.25, 0.3) is 0 Å². The first-order valence-electron chi connectivity index (χ1n) is 7.52. The van der Waals surface area contributed by atoms with Crippen LogP contribution >= 0.6 is 0 Å². The maximum Gasteiger partial charge on any atom is 0.00614 e. The summed E-state index contributed by atoms with van der Waals surface area (Å²) >= 11 is 0. The van der Waals surface area contributed by atoms with Gasteiger partial charge in [-0.3, -0.25) is 0 Å². The van der Waals surface area contributed by atoms with E-state index in [1.54, 1.807) is 0 Å². The van der Waals surface area contributed by atoms with Gasteiger partial charge in [0.2, 0.25) is 0 Å². The number of hydrogen-bond donors (Lipinski definition) is 1. The fraction of sp³-hybridized carbons (Fsp3) is 1.00. The standard InChI is InChI=1S/C15H33N/c1-4-6-7-8-9-10-11-12-13-14-15(5-2)16-3/h15-16H,4-14H2,1-3H3. The molecule has 98 valence electrons. The summed E-state index contributed by atoms with van der Waals surface area (Å²) in [4.78, 5) is 0. The largest absolute Gasteiger partial charge is 0.317 e. The Morgan fingerprint density at radius 2 is 1.25 bits per heavy atom. The van der Waals surface area contributed by atoms with Gasteiger partial charge >= 0.3 is 0 Å². The Morgan fingerprint density at radius 3 is 1.69 bits per heavy atom. The van der Waals surface area contributed by atoms with Gasteiger partial charge in [-0.05, 0) is 19.9 Å². The van der Waals surface area contributed by atoms with E-state index >= 15 is 0 Å². The predicted molar refractivity (Wildman–Crippen MR) is 75.0 cm³/mol. The van der Waals surface area contributed by atoms with Crippen molar-refractivity contribution in [2.45, 2.75) is 90.5 Å². The molecule has 0 aliphatic rings. The van der Waals surface area contributed by atoms with Gasteiger partial charge in [0, 0.05) is 6.04 Å². The molecule has 0 amide bonds. The Balaban J connectivity index is 3.03. The highest BCUT2D eigenvalue weighted by molar-refractivity contribution is 4.61. The Kier molecular flexibility index (Phi) is 13.0. The second kappa shape index (κ2) is 13.0. The molecule has 1 heteroatoms. The van der Waals surface area contributed by atoms with E-state index in [-0.39, 0.29) is 0 Å². The van der Waals surface area contributed by atoms with E-state index in [0.717, 1.165) is 6.04 Å². The van der Waals surface area contributed by atoms with E-state index < -0.39 is 0 Å². The Morgan fingerprint density at radius 1 is 0.750 bits per heavy atom. The SMILES string of the molecule is CCCCCCCCCCCC(CC)NC. The molecular weight excluding hydrogens is 194 g/mol. The van der Waals surface area contributed by atoms with Gasteiger partial charge in [-0.15, -0.1) is 0 Å². The number of nitrogens with one attached hydrogen (secondary N) is 1. The lowest BCUT2D eigenvalue weighted by atomic mass is 10.0. The van der Waals surface area contributed by atoms with Crippen LogP contribution in [0.1, 0.15) is 84.5 Å². The molecule has 0 spiro atoms. The summed E-state index contributed by atoms with van der Waals surface area (Å²) in [5, 5.41) is 3.38. The fourth-order valence-electron chi connectivity index (χ4n) is 2.25. The molecule has 0 aliphatic heterocycles. The van der Waals surface area contributed by atoms with Gasteiger partial charge in [0.1, 0.15) is 0 Å². The van der Waals surface area contributed by atoms with Crippen molar-refractivity contribution in [3.8, 4) is 0 Å². The van der Waals surface area contributed by atoms with Crippen LogP contribution in [0.5, 0.6) is 0 Å². The molecule has 0 aliphatic carbocycles. The van der Waals surface area contributed by atoms with Gasteiger partial charge in [0.05, 0.1) is 0 Å². The maximum absolute atomic E-state index is 3.38. The van der Waals surface area contributed by atoms with Crippen molar-refractivity contribution in [2.75, 3.05) is 7.05 Å². The van der Waals surface area contributed by atoms with Gasteiger partial charge in [0.25, 0.3) is 0 Å². The van der Waals surface area contributed by atoms with E-state index in [4.69, 9.17) is 0 Å². The second-order valence-corrected chi connectivity index (χ2v) is 5.01. The molecule has 1 N–H and O–H groups in total. The molecule has 0 heterocycles. The van der Waals surface area contributed by atoms with Crippen molar-refractivity contribution in [1.29, 1.82) is 0 Å². The van der Waals surface area contributed by atoms with Crippen molar-refractivity contribution < 1.29 is 0 Å². The molecule has 0 saturated heterocycles. The van der Waals surface area contributed by atoms with Crippen molar-refractivity contribution in [3.63, 3.8) is 0 Å². The monoisotopic (exact) mass is 227 g/mol. The molecule has 0 radical (unpaired) electrons. The molecule has 1 atom stereocenters. The summed E-state index contributed by atoms with van der Waals surface area (Å²) in [6.07, 6.45) is 15.6. The van der Waals surface area contributed by atoms with Crippen molar-refractivity contribution in [2.24, 2.45) is 0 Å². The van der Waals surface area contributed by atoms with E-state index in [1.165, 1.54) is 70.6 Å².